The molecule has 5 nitrogen and oxygen atoms in total. The molecule has 0 saturated carbocycles. The normalized spacial score (nSPS) is 17.3. The number of carbonyl (C=O) groups excluding carboxylic acids is 2. The molecule has 1 saturated heterocycles. The highest BCUT2D eigenvalue weighted by atomic mass is 16.4. The maximum absolute atomic E-state index is 11.7. The Morgan fingerprint density at radius 3 is 2.28 bits per heavy atom. The lowest BCUT2D eigenvalue weighted by Crippen LogP contribution is -2.43. The van der Waals surface area contributed by atoms with Crippen LogP contribution in [0.4, 0.5) is 0 Å². The van der Waals surface area contributed by atoms with Crippen molar-refractivity contribution in [3.63, 3.8) is 0 Å². The smallest absolute Gasteiger partial charge is 0.303 e. The number of carboxylic acids is 1. The molecule has 0 aromatic carbocycles. The van der Waals surface area contributed by atoms with E-state index in [4.69, 9.17) is 5.11 Å². The molecule has 0 aliphatic carbocycles. The molecule has 2 amide bonds. The number of likely N-dealkylation sites (tertiary alicyclic amines) is 1. The largest absolute Gasteiger partial charge is 0.481 e. The second-order valence-electron chi connectivity index (χ2n) is 5.01. The first-order chi connectivity index (χ1) is 8.50. The van der Waals surface area contributed by atoms with Crippen LogP contribution in [-0.4, -0.2) is 34.3 Å². The van der Waals surface area contributed by atoms with Gasteiger partial charge < -0.3 is 5.11 Å². The van der Waals surface area contributed by atoms with Crippen LogP contribution < -0.4 is 0 Å². The first-order valence-corrected chi connectivity index (χ1v) is 6.55. The number of carbonyl (C=O) groups is 3. The summed E-state index contributed by atoms with van der Waals surface area (Å²) in [7, 11) is 0. The first kappa shape index (κ1) is 14.7. The molecule has 1 N–H and O–H groups in total. The Kier molecular flexibility index (Phi) is 5.82. The third-order valence-corrected chi connectivity index (χ3v) is 3.17. The molecular formula is C13H21NO4. The van der Waals surface area contributed by atoms with Crippen LogP contribution in [0.3, 0.4) is 0 Å². The van der Waals surface area contributed by atoms with E-state index in [1.165, 1.54) is 4.90 Å². The van der Waals surface area contributed by atoms with Gasteiger partial charge in [-0.3, -0.25) is 19.3 Å². The minimum atomic E-state index is -0.773. The predicted octanol–water partition coefficient (Wildman–Crippen LogP) is 1.81. The van der Waals surface area contributed by atoms with E-state index >= 15 is 0 Å². The van der Waals surface area contributed by atoms with Crippen molar-refractivity contribution in [3.05, 3.63) is 0 Å². The van der Waals surface area contributed by atoms with Gasteiger partial charge in [-0.05, 0) is 18.8 Å². The topological polar surface area (TPSA) is 74.7 Å². The Balaban J connectivity index is 2.16. The minimum Gasteiger partial charge on any atom is -0.481 e. The van der Waals surface area contributed by atoms with Gasteiger partial charge in [0, 0.05) is 25.8 Å². The fourth-order valence-corrected chi connectivity index (χ4v) is 2.18. The van der Waals surface area contributed by atoms with Gasteiger partial charge in [-0.25, -0.2) is 0 Å². The Morgan fingerprint density at radius 2 is 1.72 bits per heavy atom. The number of amides is 2. The van der Waals surface area contributed by atoms with E-state index in [0.29, 0.717) is 25.8 Å². The van der Waals surface area contributed by atoms with E-state index in [1.54, 1.807) is 0 Å². The van der Waals surface area contributed by atoms with Gasteiger partial charge in [0.1, 0.15) is 0 Å². The van der Waals surface area contributed by atoms with Crippen molar-refractivity contribution in [2.75, 3.05) is 6.54 Å². The van der Waals surface area contributed by atoms with Gasteiger partial charge in [0.05, 0.1) is 0 Å². The lowest BCUT2D eigenvalue weighted by Gasteiger charge is -2.28. The number of carboxylic acid groups (broad SMARTS) is 1. The molecular weight excluding hydrogens is 234 g/mol. The molecule has 18 heavy (non-hydrogen) atoms. The van der Waals surface area contributed by atoms with Gasteiger partial charge >= 0.3 is 5.97 Å². The first-order valence-electron chi connectivity index (χ1n) is 6.55. The molecule has 0 aromatic rings. The van der Waals surface area contributed by atoms with Crippen LogP contribution in [-0.2, 0) is 14.4 Å². The Bertz CT molecular complexity index is 309. The Morgan fingerprint density at radius 1 is 1.17 bits per heavy atom. The van der Waals surface area contributed by atoms with Crippen molar-refractivity contribution < 1.29 is 19.5 Å². The van der Waals surface area contributed by atoms with Crippen molar-refractivity contribution in [2.45, 2.75) is 51.9 Å². The van der Waals surface area contributed by atoms with Crippen molar-refractivity contribution in [3.8, 4) is 0 Å². The van der Waals surface area contributed by atoms with E-state index in [9.17, 15) is 14.4 Å². The summed E-state index contributed by atoms with van der Waals surface area (Å²) in [6.07, 6.45) is 4.24. The summed E-state index contributed by atoms with van der Waals surface area (Å²) in [5, 5.41) is 8.47. The zero-order valence-corrected chi connectivity index (χ0v) is 10.9. The highest BCUT2D eigenvalue weighted by Gasteiger charge is 2.29. The monoisotopic (exact) mass is 255 g/mol. The van der Waals surface area contributed by atoms with Gasteiger partial charge in [-0.1, -0.05) is 19.8 Å². The SMILES string of the molecule is CC1CC(=O)N(CCCCCCC(=O)O)C(=O)C1. The lowest BCUT2D eigenvalue weighted by molar-refractivity contribution is -0.149. The number of hydrogen-bond acceptors (Lipinski definition) is 3. The summed E-state index contributed by atoms with van der Waals surface area (Å²) in [6.45, 7) is 2.40. The maximum atomic E-state index is 11.7. The lowest BCUT2D eigenvalue weighted by atomic mass is 9.97. The van der Waals surface area contributed by atoms with E-state index < -0.39 is 5.97 Å². The molecule has 0 aromatic heterocycles. The zero-order chi connectivity index (χ0) is 13.5. The third-order valence-electron chi connectivity index (χ3n) is 3.17. The van der Waals surface area contributed by atoms with Gasteiger partial charge in [0.25, 0.3) is 0 Å². The molecule has 0 atom stereocenters. The van der Waals surface area contributed by atoms with Crippen molar-refractivity contribution in [2.24, 2.45) is 5.92 Å². The van der Waals surface area contributed by atoms with E-state index in [1.807, 2.05) is 6.92 Å². The molecule has 102 valence electrons. The van der Waals surface area contributed by atoms with E-state index in [-0.39, 0.29) is 24.2 Å². The van der Waals surface area contributed by atoms with Crippen LogP contribution in [0, 0.1) is 5.92 Å². The number of unbranched alkanes of at least 4 members (excludes halogenated alkanes) is 3. The molecule has 0 unspecified atom stereocenters. The predicted molar refractivity (Wildman–Crippen MR) is 65.8 cm³/mol. The Hall–Kier alpha value is -1.39. The number of nitrogens with zero attached hydrogens (tertiary/aromatic N) is 1. The van der Waals surface area contributed by atoms with Crippen molar-refractivity contribution in [1.82, 2.24) is 4.90 Å². The molecule has 0 bridgehead atoms. The number of hydrogen-bond donors (Lipinski definition) is 1. The quantitative estimate of drug-likeness (QED) is 0.556. The second kappa shape index (κ2) is 7.13. The summed E-state index contributed by atoms with van der Waals surface area (Å²) >= 11 is 0. The average Bonchev–Trinajstić information content (AvgIpc) is 2.25. The summed E-state index contributed by atoms with van der Waals surface area (Å²) < 4.78 is 0. The van der Waals surface area contributed by atoms with Crippen LogP contribution in [0.5, 0.6) is 0 Å². The molecule has 1 aliphatic heterocycles. The fraction of sp³-hybridized carbons (Fsp3) is 0.769. The van der Waals surface area contributed by atoms with Crippen molar-refractivity contribution >= 4 is 17.8 Å². The highest BCUT2D eigenvalue weighted by Crippen LogP contribution is 2.19. The molecule has 1 aliphatic rings. The number of imide groups is 1. The van der Waals surface area contributed by atoms with E-state index in [2.05, 4.69) is 0 Å². The van der Waals surface area contributed by atoms with Crippen LogP contribution in [0.15, 0.2) is 0 Å². The van der Waals surface area contributed by atoms with Gasteiger partial charge in [0.2, 0.25) is 11.8 Å². The molecule has 1 rings (SSSR count). The molecule has 1 heterocycles. The number of rotatable bonds is 7. The molecule has 1 fully saturated rings. The molecule has 5 heteroatoms. The summed E-state index contributed by atoms with van der Waals surface area (Å²) in [6, 6.07) is 0. The van der Waals surface area contributed by atoms with Gasteiger partial charge in [0.15, 0.2) is 0 Å². The van der Waals surface area contributed by atoms with Crippen LogP contribution in [0.25, 0.3) is 0 Å². The van der Waals surface area contributed by atoms with Crippen LogP contribution in [0.1, 0.15) is 51.9 Å². The summed E-state index contributed by atoms with van der Waals surface area (Å²) in [5.74, 6) is -0.740. The molecule has 0 spiro atoms. The summed E-state index contributed by atoms with van der Waals surface area (Å²) in [4.78, 5) is 35.0. The van der Waals surface area contributed by atoms with Crippen LogP contribution in [0.2, 0.25) is 0 Å². The maximum Gasteiger partial charge on any atom is 0.303 e. The Labute approximate surface area is 107 Å². The van der Waals surface area contributed by atoms with Crippen LogP contribution >= 0.6 is 0 Å². The minimum absolute atomic E-state index is 0.0655. The fourth-order valence-electron chi connectivity index (χ4n) is 2.18. The van der Waals surface area contributed by atoms with Gasteiger partial charge in [-0.15, -0.1) is 0 Å². The number of piperidine rings is 1. The molecule has 0 radical (unpaired) electrons. The van der Waals surface area contributed by atoms with Gasteiger partial charge in [-0.2, -0.15) is 0 Å². The zero-order valence-electron chi connectivity index (χ0n) is 10.9. The third kappa shape index (κ3) is 4.85. The second-order valence-corrected chi connectivity index (χ2v) is 5.01. The van der Waals surface area contributed by atoms with E-state index in [0.717, 1.165) is 19.3 Å². The number of aliphatic carboxylic acids is 1. The highest BCUT2D eigenvalue weighted by molar-refractivity contribution is 5.97. The van der Waals surface area contributed by atoms with Crippen molar-refractivity contribution in [1.29, 1.82) is 0 Å². The summed E-state index contributed by atoms with van der Waals surface area (Å²) in [5.41, 5.74) is 0. The average molecular weight is 255 g/mol. The standard InChI is InChI=1S/C13H21NO4/c1-10-8-11(15)14(12(16)9-10)7-5-3-2-4-6-13(17)18/h10H,2-9H2,1H3,(H,17,18).